The topological polar surface area (TPSA) is 9.23 Å². The molecule has 2 aromatic carbocycles. The molecule has 102 valence electrons. The summed E-state index contributed by atoms with van der Waals surface area (Å²) in [4.78, 5) is 0. The summed E-state index contributed by atoms with van der Waals surface area (Å²) in [7, 11) is 0. The van der Waals surface area contributed by atoms with Gasteiger partial charge in [0.15, 0.2) is 0 Å². The van der Waals surface area contributed by atoms with Crippen LogP contribution < -0.4 is 0 Å². The van der Waals surface area contributed by atoms with Gasteiger partial charge in [0.1, 0.15) is 0 Å². The van der Waals surface area contributed by atoms with Crippen molar-refractivity contribution >= 4 is 5.57 Å². The van der Waals surface area contributed by atoms with Crippen LogP contribution in [0.3, 0.4) is 0 Å². The maximum atomic E-state index is 5.44. The van der Waals surface area contributed by atoms with Gasteiger partial charge in [-0.05, 0) is 24.5 Å². The number of hydrogen-bond acceptors (Lipinski definition) is 1. The van der Waals surface area contributed by atoms with Crippen molar-refractivity contribution in [1.29, 1.82) is 0 Å². The molecule has 0 saturated heterocycles. The summed E-state index contributed by atoms with van der Waals surface area (Å²) < 4.78 is 5.44. The van der Waals surface area contributed by atoms with Crippen LogP contribution in [-0.4, -0.2) is 6.61 Å². The normalized spacial score (nSPS) is 11.8. The Morgan fingerprint density at radius 1 is 0.950 bits per heavy atom. The van der Waals surface area contributed by atoms with Crippen molar-refractivity contribution < 1.29 is 4.74 Å². The molecule has 0 bridgehead atoms. The first kappa shape index (κ1) is 14.1. The van der Waals surface area contributed by atoms with Crippen LogP contribution in [0.15, 0.2) is 79.1 Å². The Bertz CT molecular complexity index is 553. The maximum Gasteiger partial charge on any atom is 0.0907 e. The van der Waals surface area contributed by atoms with E-state index >= 15 is 0 Å². The van der Waals surface area contributed by atoms with Gasteiger partial charge < -0.3 is 4.74 Å². The van der Waals surface area contributed by atoms with Crippen molar-refractivity contribution in [2.24, 2.45) is 0 Å². The Hall–Kier alpha value is -2.28. The number of ether oxygens (including phenoxy) is 1. The molecule has 0 amide bonds. The van der Waals surface area contributed by atoms with Gasteiger partial charge in [-0.3, -0.25) is 0 Å². The smallest absolute Gasteiger partial charge is 0.0907 e. The van der Waals surface area contributed by atoms with E-state index in [4.69, 9.17) is 4.74 Å². The molecule has 0 spiro atoms. The third kappa shape index (κ3) is 4.43. The molecule has 0 fully saturated rings. The van der Waals surface area contributed by atoms with Crippen LogP contribution in [0.4, 0.5) is 0 Å². The Morgan fingerprint density at radius 2 is 1.60 bits per heavy atom. The molecular weight excluding hydrogens is 244 g/mol. The van der Waals surface area contributed by atoms with E-state index in [0.29, 0.717) is 6.61 Å². The van der Waals surface area contributed by atoms with Gasteiger partial charge in [-0.2, -0.15) is 0 Å². The van der Waals surface area contributed by atoms with Gasteiger partial charge in [-0.25, -0.2) is 0 Å². The predicted molar refractivity (Wildman–Crippen MR) is 85.3 cm³/mol. The van der Waals surface area contributed by atoms with Gasteiger partial charge in [0.25, 0.3) is 0 Å². The summed E-state index contributed by atoms with van der Waals surface area (Å²) in [6.07, 6.45) is 7.05. The summed E-state index contributed by atoms with van der Waals surface area (Å²) in [5.41, 5.74) is 3.58. The number of rotatable bonds is 6. The molecule has 0 N–H and O–H groups in total. The van der Waals surface area contributed by atoms with Crippen LogP contribution in [0.5, 0.6) is 0 Å². The van der Waals surface area contributed by atoms with Crippen LogP contribution in [0.1, 0.15) is 18.1 Å². The second kappa shape index (κ2) is 8.00. The fraction of sp³-hybridized carbons (Fsp3) is 0.158. The number of benzene rings is 2. The first-order valence-electron chi connectivity index (χ1n) is 6.98. The van der Waals surface area contributed by atoms with Gasteiger partial charge in [0.05, 0.1) is 12.9 Å². The van der Waals surface area contributed by atoms with Crippen LogP contribution in [0.25, 0.3) is 5.57 Å². The van der Waals surface area contributed by atoms with Crippen molar-refractivity contribution in [1.82, 2.24) is 0 Å². The lowest BCUT2D eigenvalue weighted by atomic mass is 10.1. The molecule has 0 aliphatic carbocycles. The highest BCUT2D eigenvalue weighted by Crippen LogP contribution is 2.16. The zero-order chi connectivity index (χ0) is 14.0. The molecule has 0 aliphatic rings. The molecule has 1 nitrogen and oxygen atoms in total. The van der Waals surface area contributed by atoms with E-state index in [1.165, 1.54) is 11.1 Å². The van der Waals surface area contributed by atoms with Crippen LogP contribution in [0, 0.1) is 0 Å². The zero-order valence-corrected chi connectivity index (χ0v) is 11.8. The molecule has 0 heterocycles. The quantitative estimate of drug-likeness (QED) is 0.534. The Morgan fingerprint density at radius 3 is 2.25 bits per heavy atom. The fourth-order valence-electron chi connectivity index (χ4n) is 1.94. The summed E-state index contributed by atoms with van der Waals surface area (Å²) in [6.45, 7) is 2.68. The highest BCUT2D eigenvalue weighted by Gasteiger charge is 1.97. The average Bonchev–Trinajstić information content (AvgIpc) is 2.52. The molecule has 0 saturated carbocycles. The van der Waals surface area contributed by atoms with Crippen molar-refractivity contribution in [3.8, 4) is 0 Å². The van der Waals surface area contributed by atoms with Crippen molar-refractivity contribution in [3.05, 3.63) is 90.2 Å². The molecule has 1 heteroatoms. The number of allylic oxidation sites excluding steroid dienone is 3. The van der Waals surface area contributed by atoms with Crippen molar-refractivity contribution in [3.63, 3.8) is 0 Å². The predicted octanol–water partition coefficient (Wildman–Crippen LogP) is 4.86. The zero-order valence-electron chi connectivity index (χ0n) is 11.8. The van der Waals surface area contributed by atoms with Crippen LogP contribution >= 0.6 is 0 Å². The van der Waals surface area contributed by atoms with E-state index in [0.717, 1.165) is 12.0 Å². The SMILES string of the molecule is CCO/C=C(/C=C/Cc1ccccc1)c1ccccc1. The first-order chi connectivity index (χ1) is 9.90. The highest BCUT2D eigenvalue weighted by atomic mass is 16.5. The molecule has 0 atom stereocenters. The van der Waals surface area contributed by atoms with E-state index in [1.807, 2.05) is 37.5 Å². The van der Waals surface area contributed by atoms with E-state index < -0.39 is 0 Å². The highest BCUT2D eigenvalue weighted by molar-refractivity contribution is 5.73. The van der Waals surface area contributed by atoms with Gasteiger partial charge >= 0.3 is 0 Å². The molecule has 20 heavy (non-hydrogen) atoms. The molecular formula is C19H20O. The Labute approximate surface area is 121 Å². The van der Waals surface area contributed by atoms with E-state index in [-0.39, 0.29) is 0 Å². The molecule has 0 radical (unpaired) electrons. The lowest BCUT2D eigenvalue weighted by molar-refractivity contribution is 0.271. The molecule has 0 unspecified atom stereocenters. The van der Waals surface area contributed by atoms with Gasteiger partial charge in [-0.1, -0.05) is 72.8 Å². The van der Waals surface area contributed by atoms with Crippen LogP contribution in [0.2, 0.25) is 0 Å². The van der Waals surface area contributed by atoms with Crippen molar-refractivity contribution in [2.75, 3.05) is 6.61 Å². The van der Waals surface area contributed by atoms with Gasteiger partial charge in [0, 0.05) is 5.57 Å². The Kier molecular flexibility index (Phi) is 5.66. The minimum Gasteiger partial charge on any atom is -0.501 e. The standard InChI is InChI=1S/C19H20O/c1-2-20-16-19(18-13-7-4-8-14-18)15-9-12-17-10-5-3-6-11-17/h3-11,13-16H,2,12H2,1H3/b15-9+,19-16-. The molecule has 0 aliphatic heterocycles. The largest absolute Gasteiger partial charge is 0.501 e. The summed E-state index contributed by atoms with van der Waals surface area (Å²) in [6, 6.07) is 20.7. The molecule has 2 aromatic rings. The Balaban J connectivity index is 2.09. The third-order valence-corrected chi connectivity index (χ3v) is 2.98. The first-order valence-corrected chi connectivity index (χ1v) is 6.98. The van der Waals surface area contributed by atoms with E-state index in [9.17, 15) is 0 Å². The van der Waals surface area contributed by atoms with E-state index in [2.05, 4.69) is 48.6 Å². The summed E-state index contributed by atoms with van der Waals surface area (Å²) >= 11 is 0. The minimum atomic E-state index is 0.683. The lowest BCUT2D eigenvalue weighted by Crippen LogP contribution is -1.86. The van der Waals surface area contributed by atoms with E-state index in [1.54, 1.807) is 0 Å². The van der Waals surface area contributed by atoms with Gasteiger partial charge in [-0.15, -0.1) is 0 Å². The van der Waals surface area contributed by atoms with Gasteiger partial charge in [0.2, 0.25) is 0 Å². The average molecular weight is 264 g/mol. The fourth-order valence-corrected chi connectivity index (χ4v) is 1.94. The minimum absolute atomic E-state index is 0.683. The summed E-state index contributed by atoms with van der Waals surface area (Å²) in [5.74, 6) is 0. The van der Waals surface area contributed by atoms with Crippen LogP contribution in [-0.2, 0) is 11.2 Å². The molecule has 0 aromatic heterocycles. The van der Waals surface area contributed by atoms with Crippen molar-refractivity contribution in [2.45, 2.75) is 13.3 Å². The second-order valence-electron chi connectivity index (χ2n) is 4.49. The maximum absolute atomic E-state index is 5.44. The second-order valence-corrected chi connectivity index (χ2v) is 4.49. The summed E-state index contributed by atoms with van der Waals surface area (Å²) in [5, 5.41) is 0. The number of hydrogen-bond donors (Lipinski definition) is 0. The molecule has 2 rings (SSSR count). The third-order valence-electron chi connectivity index (χ3n) is 2.98. The lowest BCUT2D eigenvalue weighted by Gasteiger charge is -2.03. The monoisotopic (exact) mass is 264 g/mol.